The van der Waals surface area contributed by atoms with Crippen molar-refractivity contribution in [3.8, 4) is 0 Å². The number of rotatable bonds is 4. The van der Waals surface area contributed by atoms with Crippen molar-refractivity contribution >= 4 is 17.4 Å². The van der Waals surface area contributed by atoms with Gasteiger partial charge in [0.05, 0.1) is 5.56 Å². The van der Waals surface area contributed by atoms with E-state index >= 15 is 0 Å². The molecule has 2 aromatic carbocycles. The van der Waals surface area contributed by atoms with Crippen LogP contribution >= 0.6 is 11.6 Å². The van der Waals surface area contributed by atoms with Gasteiger partial charge in [0, 0.05) is 11.4 Å². The molecule has 0 bridgehead atoms. The van der Waals surface area contributed by atoms with E-state index in [1.807, 2.05) is 13.8 Å². The van der Waals surface area contributed by atoms with Crippen LogP contribution in [-0.2, 0) is 6.42 Å². The number of ketones is 1. The molecule has 0 amide bonds. The first-order valence-electron chi connectivity index (χ1n) is 6.51. The Balaban J connectivity index is 2.08. The summed E-state index contributed by atoms with van der Waals surface area (Å²) in [6.45, 7) is 4.05. The average Bonchev–Trinajstić information content (AvgIpc) is 2.35. The minimum Gasteiger partial charge on any atom is -0.294 e. The van der Waals surface area contributed by atoms with Gasteiger partial charge >= 0.3 is 0 Å². The van der Waals surface area contributed by atoms with E-state index in [0.29, 0.717) is 17.9 Å². The highest BCUT2D eigenvalue weighted by molar-refractivity contribution is 6.30. The maximum absolute atomic E-state index is 13.6. The number of hydrogen-bond donors (Lipinski definition) is 0. The number of Topliss-reactive ketones (excluding diaryl/α,β-unsaturated/α-hetero) is 1. The molecule has 2 rings (SSSR count). The van der Waals surface area contributed by atoms with Gasteiger partial charge in [0.15, 0.2) is 5.78 Å². The first kappa shape index (κ1) is 14.7. The van der Waals surface area contributed by atoms with Crippen LogP contribution in [0.25, 0.3) is 0 Å². The SMILES string of the molecule is Cc1cc(C)cc(CCC(=O)c2ccc(Cl)cc2F)c1. The second kappa shape index (κ2) is 6.19. The second-order valence-electron chi connectivity index (χ2n) is 5.04. The van der Waals surface area contributed by atoms with E-state index in [0.717, 1.165) is 5.56 Å². The Morgan fingerprint density at radius 2 is 1.75 bits per heavy atom. The molecule has 0 saturated heterocycles. The maximum Gasteiger partial charge on any atom is 0.166 e. The largest absolute Gasteiger partial charge is 0.294 e. The topological polar surface area (TPSA) is 17.1 Å². The Morgan fingerprint density at radius 3 is 2.35 bits per heavy atom. The third-order valence-corrected chi connectivity index (χ3v) is 3.39. The van der Waals surface area contributed by atoms with Crippen LogP contribution in [0, 0.1) is 19.7 Å². The summed E-state index contributed by atoms with van der Waals surface area (Å²) in [5, 5.41) is 0.299. The number of carbonyl (C=O) groups is 1. The number of benzene rings is 2. The van der Waals surface area contributed by atoms with Crippen LogP contribution in [0.2, 0.25) is 5.02 Å². The molecule has 0 aliphatic rings. The van der Waals surface area contributed by atoms with E-state index in [-0.39, 0.29) is 11.3 Å². The molecule has 104 valence electrons. The summed E-state index contributed by atoms with van der Waals surface area (Å²) in [4.78, 5) is 12.0. The van der Waals surface area contributed by atoms with Gasteiger partial charge in [0.2, 0.25) is 0 Å². The van der Waals surface area contributed by atoms with Crippen LogP contribution in [0.4, 0.5) is 4.39 Å². The Labute approximate surface area is 123 Å². The molecule has 20 heavy (non-hydrogen) atoms. The quantitative estimate of drug-likeness (QED) is 0.731. The Bertz CT molecular complexity index is 629. The van der Waals surface area contributed by atoms with Crippen LogP contribution in [-0.4, -0.2) is 5.78 Å². The third kappa shape index (κ3) is 3.67. The van der Waals surface area contributed by atoms with Crippen molar-refractivity contribution in [3.05, 3.63) is 69.5 Å². The fraction of sp³-hybridized carbons (Fsp3) is 0.235. The molecular weight excluding hydrogens is 275 g/mol. The van der Waals surface area contributed by atoms with E-state index in [4.69, 9.17) is 11.6 Å². The number of hydrogen-bond acceptors (Lipinski definition) is 1. The van der Waals surface area contributed by atoms with E-state index < -0.39 is 5.82 Å². The van der Waals surface area contributed by atoms with Crippen LogP contribution in [0.3, 0.4) is 0 Å². The van der Waals surface area contributed by atoms with Crippen molar-refractivity contribution < 1.29 is 9.18 Å². The highest BCUT2D eigenvalue weighted by Gasteiger charge is 2.12. The summed E-state index contributed by atoms with van der Waals surface area (Å²) in [5.74, 6) is -0.749. The lowest BCUT2D eigenvalue weighted by atomic mass is 10.00. The lowest BCUT2D eigenvalue weighted by Crippen LogP contribution is -2.04. The Kier molecular flexibility index (Phi) is 4.56. The highest BCUT2D eigenvalue weighted by atomic mass is 35.5. The summed E-state index contributed by atoms with van der Waals surface area (Å²) in [7, 11) is 0. The molecular formula is C17H16ClFO. The van der Waals surface area contributed by atoms with Crippen LogP contribution < -0.4 is 0 Å². The van der Waals surface area contributed by atoms with E-state index in [1.54, 1.807) is 0 Å². The standard InChI is InChI=1S/C17H16ClFO/c1-11-7-12(2)9-13(8-11)3-6-17(20)15-5-4-14(18)10-16(15)19/h4-5,7-10H,3,6H2,1-2H3. The lowest BCUT2D eigenvalue weighted by Gasteiger charge is -2.06. The van der Waals surface area contributed by atoms with Crippen molar-refractivity contribution in [3.63, 3.8) is 0 Å². The van der Waals surface area contributed by atoms with Crippen molar-refractivity contribution in [2.75, 3.05) is 0 Å². The van der Waals surface area contributed by atoms with Crippen LogP contribution in [0.5, 0.6) is 0 Å². The van der Waals surface area contributed by atoms with Gasteiger partial charge in [-0.1, -0.05) is 40.9 Å². The second-order valence-corrected chi connectivity index (χ2v) is 5.48. The van der Waals surface area contributed by atoms with Gasteiger partial charge in [-0.05, 0) is 44.0 Å². The Morgan fingerprint density at radius 1 is 1.10 bits per heavy atom. The minimum atomic E-state index is -0.553. The van der Waals surface area contributed by atoms with Crippen LogP contribution in [0.1, 0.15) is 33.5 Å². The van der Waals surface area contributed by atoms with Gasteiger partial charge in [0.25, 0.3) is 0 Å². The summed E-state index contributed by atoms with van der Waals surface area (Å²) in [6.07, 6.45) is 0.908. The van der Waals surface area contributed by atoms with Crippen LogP contribution in [0.15, 0.2) is 36.4 Å². The zero-order chi connectivity index (χ0) is 14.7. The molecule has 0 saturated carbocycles. The van der Waals surface area contributed by atoms with Gasteiger partial charge in [-0.2, -0.15) is 0 Å². The normalized spacial score (nSPS) is 10.6. The number of carbonyl (C=O) groups excluding carboxylic acids is 1. The summed E-state index contributed by atoms with van der Waals surface area (Å²) in [5.41, 5.74) is 3.55. The molecule has 0 unspecified atom stereocenters. The van der Waals surface area contributed by atoms with E-state index in [9.17, 15) is 9.18 Å². The third-order valence-electron chi connectivity index (χ3n) is 3.15. The summed E-state index contributed by atoms with van der Waals surface area (Å²) >= 11 is 5.68. The maximum atomic E-state index is 13.6. The van der Waals surface area contributed by atoms with E-state index in [1.165, 1.54) is 29.3 Å². The van der Waals surface area contributed by atoms with Gasteiger partial charge in [-0.25, -0.2) is 4.39 Å². The molecule has 0 heterocycles. The van der Waals surface area contributed by atoms with Gasteiger partial charge in [0.1, 0.15) is 5.82 Å². The molecule has 0 spiro atoms. The number of halogens is 2. The molecule has 0 aromatic heterocycles. The zero-order valence-corrected chi connectivity index (χ0v) is 12.3. The first-order valence-corrected chi connectivity index (χ1v) is 6.89. The first-order chi connectivity index (χ1) is 9.45. The molecule has 2 aromatic rings. The molecule has 0 aliphatic carbocycles. The molecule has 3 heteroatoms. The molecule has 0 aliphatic heterocycles. The fourth-order valence-electron chi connectivity index (χ4n) is 2.32. The van der Waals surface area contributed by atoms with Crippen molar-refractivity contribution in [1.82, 2.24) is 0 Å². The molecule has 1 nitrogen and oxygen atoms in total. The average molecular weight is 291 g/mol. The highest BCUT2D eigenvalue weighted by Crippen LogP contribution is 2.18. The monoisotopic (exact) mass is 290 g/mol. The van der Waals surface area contributed by atoms with Gasteiger partial charge in [-0.3, -0.25) is 4.79 Å². The predicted molar refractivity (Wildman–Crippen MR) is 80.0 cm³/mol. The summed E-state index contributed by atoms with van der Waals surface area (Å²) in [6, 6.07) is 10.4. The summed E-state index contributed by atoms with van der Waals surface area (Å²) < 4.78 is 13.6. The molecule has 0 atom stereocenters. The number of aryl methyl sites for hydroxylation is 3. The zero-order valence-electron chi connectivity index (χ0n) is 11.5. The van der Waals surface area contributed by atoms with Crippen molar-refractivity contribution in [1.29, 1.82) is 0 Å². The molecule has 0 N–H and O–H groups in total. The smallest absolute Gasteiger partial charge is 0.166 e. The predicted octanol–water partition coefficient (Wildman–Crippen LogP) is 4.91. The van der Waals surface area contributed by atoms with Crippen molar-refractivity contribution in [2.24, 2.45) is 0 Å². The van der Waals surface area contributed by atoms with Crippen molar-refractivity contribution in [2.45, 2.75) is 26.7 Å². The molecule has 0 fully saturated rings. The fourth-order valence-corrected chi connectivity index (χ4v) is 2.48. The minimum absolute atomic E-state index is 0.110. The van der Waals surface area contributed by atoms with Gasteiger partial charge < -0.3 is 0 Å². The lowest BCUT2D eigenvalue weighted by molar-refractivity contribution is 0.0979. The molecule has 0 radical (unpaired) electrons. The van der Waals surface area contributed by atoms with E-state index in [2.05, 4.69) is 18.2 Å². The Hall–Kier alpha value is -1.67. The van der Waals surface area contributed by atoms with Gasteiger partial charge in [-0.15, -0.1) is 0 Å².